The topological polar surface area (TPSA) is 46.5 Å². The van der Waals surface area contributed by atoms with Gasteiger partial charge in [-0.2, -0.15) is 0 Å². The summed E-state index contributed by atoms with van der Waals surface area (Å²) >= 11 is 0. The lowest BCUT2D eigenvalue weighted by Gasteiger charge is -1.90. The van der Waals surface area contributed by atoms with Gasteiger partial charge in [0.15, 0.2) is 0 Å². The van der Waals surface area contributed by atoms with Gasteiger partial charge in [-0.3, -0.25) is 4.79 Å². The van der Waals surface area contributed by atoms with E-state index < -0.39 is 5.91 Å². The number of nitrogens with zero attached hydrogens (tertiary/aromatic N) is 1. The van der Waals surface area contributed by atoms with Crippen molar-refractivity contribution in [1.82, 2.24) is 0 Å². The van der Waals surface area contributed by atoms with Gasteiger partial charge in [0.25, 0.3) is 5.91 Å². The number of carbonyl (C=O) groups is 1. The van der Waals surface area contributed by atoms with Gasteiger partial charge in [-0.1, -0.05) is 12.7 Å². The van der Waals surface area contributed by atoms with Gasteiger partial charge in [0.05, 0.1) is 0 Å². The molecule has 0 bridgehead atoms. The lowest BCUT2D eigenvalue weighted by molar-refractivity contribution is -0.114. The standard InChI is InChI=1S/C7H7NO2/c1-3-4-6(2)7(10)8-5-9/h3H,1-2,4H2. The molecular formula is C7H7NO2. The molecular weight excluding hydrogens is 130 g/mol. The van der Waals surface area contributed by atoms with Crippen molar-refractivity contribution in [2.45, 2.75) is 6.42 Å². The lowest BCUT2D eigenvalue weighted by atomic mass is 10.2. The Morgan fingerprint density at radius 2 is 2.30 bits per heavy atom. The second kappa shape index (κ2) is 4.41. The maximum Gasteiger partial charge on any atom is 0.283 e. The van der Waals surface area contributed by atoms with Gasteiger partial charge in [-0.15, -0.1) is 11.6 Å². The predicted molar refractivity (Wildman–Crippen MR) is 37.1 cm³/mol. The Hall–Kier alpha value is -1.47. The molecule has 10 heavy (non-hydrogen) atoms. The molecule has 0 saturated heterocycles. The molecule has 0 aliphatic heterocycles. The molecule has 0 aromatic rings. The number of carbonyl (C=O) groups excluding carboxylic acids is 2. The molecule has 1 amide bonds. The number of rotatable bonds is 3. The third-order valence-corrected chi connectivity index (χ3v) is 0.840. The van der Waals surface area contributed by atoms with Gasteiger partial charge in [0.2, 0.25) is 6.08 Å². The van der Waals surface area contributed by atoms with Crippen molar-refractivity contribution in [2.24, 2.45) is 4.99 Å². The Bertz CT molecular complexity index is 212. The maximum absolute atomic E-state index is 10.6. The summed E-state index contributed by atoms with van der Waals surface area (Å²) in [6.45, 7) is 6.76. The summed E-state index contributed by atoms with van der Waals surface area (Å²) < 4.78 is 0. The van der Waals surface area contributed by atoms with E-state index in [9.17, 15) is 9.59 Å². The van der Waals surface area contributed by atoms with E-state index in [-0.39, 0.29) is 5.57 Å². The average molecular weight is 137 g/mol. The minimum absolute atomic E-state index is 0.248. The Morgan fingerprint density at radius 3 is 2.70 bits per heavy atom. The molecule has 0 aliphatic carbocycles. The summed E-state index contributed by atoms with van der Waals surface area (Å²) in [4.78, 5) is 23.0. The third kappa shape index (κ3) is 2.74. The van der Waals surface area contributed by atoms with Crippen LogP contribution in [0.4, 0.5) is 0 Å². The van der Waals surface area contributed by atoms with Crippen molar-refractivity contribution in [3.05, 3.63) is 24.8 Å². The fourth-order valence-electron chi connectivity index (χ4n) is 0.382. The summed E-state index contributed by atoms with van der Waals surface area (Å²) in [5.41, 5.74) is 0.248. The molecule has 0 aliphatic rings. The first kappa shape index (κ1) is 8.53. The number of hydrogen-bond acceptors (Lipinski definition) is 2. The van der Waals surface area contributed by atoms with E-state index in [0.717, 1.165) is 6.08 Å². The molecule has 0 spiro atoms. The van der Waals surface area contributed by atoms with Crippen LogP contribution in [0.2, 0.25) is 0 Å². The predicted octanol–water partition coefficient (Wildman–Crippen LogP) is 0.981. The highest BCUT2D eigenvalue weighted by atomic mass is 16.2. The molecule has 0 N–H and O–H groups in total. The Balaban J connectivity index is 4.07. The highest BCUT2D eigenvalue weighted by Crippen LogP contribution is 1.99. The molecule has 0 atom stereocenters. The number of allylic oxidation sites excluding steroid dienone is 1. The Kier molecular flexibility index (Phi) is 3.76. The molecule has 0 saturated carbocycles. The number of amides is 1. The highest BCUT2D eigenvalue weighted by Gasteiger charge is 2.00. The average Bonchev–Trinajstić information content (AvgIpc) is 1.89. The summed E-state index contributed by atoms with van der Waals surface area (Å²) in [5, 5.41) is 0. The molecule has 0 radical (unpaired) electrons. The van der Waals surface area contributed by atoms with Crippen molar-refractivity contribution < 1.29 is 9.59 Å². The van der Waals surface area contributed by atoms with Crippen LogP contribution in [0.15, 0.2) is 29.8 Å². The normalized spacial score (nSPS) is 7.60. The molecule has 3 heteroatoms. The molecule has 3 nitrogen and oxygen atoms in total. The fraction of sp³-hybridized carbons (Fsp3) is 0.143. The monoisotopic (exact) mass is 137 g/mol. The smallest absolute Gasteiger partial charge is 0.266 e. The van der Waals surface area contributed by atoms with E-state index in [4.69, 9.17) is 0 Å². The van der Waals surface area contributed by atoms with Gasteiger partial charge in [0, 0.05) is 5.57 Å². The first-order valence-electron chi connectivity index (χ1n) is 2.63. The van der Waals surface area contributed by atoms with Crippen molar-refractivity contribution >= 4 is 12.0 Å². The van der Waals surface area contributed by atoms with Crippen LogP contribution in [-0.4, -0.2) is 12.0 Å². The maximum atomic E-state index is 10.6. The molecule has 0 fully saturated rings. The SMILES string of the molecule is C=CCC(=C)C(=O)N=C=O. The van der Waals surface area contributed by atoms with Crippen LogP contribution < -0.4 is 0 Å². The molecule has 0 unspecified atom stereocenters. The Morgan fingerprint density at radius 1 is 1.70 bits per heavy atom. The van der Waals surface area contributed by atoms with Crippen LogP contribution in [0.25, 0.3) is 0 Å². The summed E-state index contributed by atoms with van der Waals surface area (Å²) in [7, 11) is 0. The molecule has 0 aromatic carbocycles. The van der Waals surface area contributed by atoms with E-state index in [2.05, 4.69) is 18.2 Å². The molecule has 0 heterocycles. The molecule has 0 aromatic heterocycles. The number of aliphatic imine (C=N–C) groups is 1. The quantitative estimate of drug-likeness (QED) is 0.252. The minimum atomic E-state index is -0.630. The number of hydrogen-bond donors (Lipinski definition) is 0. The van der Waals surface area contributed by atoms with Gasteiger partial charge in [0.1, 0.15) is 0 Å². The van der Waals surface area contributed by atoms with Gasteiger partial charge in [-0.05, 0) is 6.42 Å². The second-order valence-corrected chi connectivity index (χ2v) is 1.60. The molecule has 52 valence electrons. The van der Waals surface area contributed by atoms with Crippen LogP contribution in [0, 0.1) is 0 Å². The highest BCUT2D eigenvalue weighted by molar-refractivity contribution is 5.96. The van der Waals surface area contributed by atoms with Crippen LogP contribution >= 0.6 is 0 Å². The van der Waals surface area contributed by atoms with Gasteiger partial charge in [-0.25, -0.2) is 4.79 Å². The minimum Gasteiger partial charge on any atom is -0.266 e. The fourth-order valence-corrected chi connectivity index (χ4v) is 0.382. The zero-order chi connectivity index (χ0) is 7.98. The van der Waals surface area contributed by atoms with Crippen LogP contribution in [0.1, 0.15) is 6.42 Å². The number of isocyanates is 1. The first-order valence-corrected chi connectivity index (χ1v) is 2.63. The third-order valence-electron chi connectivity index (χ3n) is 0.840. The van der Waals surface area contributed by atoms with Crippen LogP contribution in [0.3, 0.4) is 0 Å². The van der Waals surface area contributed by atoms with Crippen LogP contribution in [0.5, 0.6) is 0 Å². The van der Waals surface area contributed by atoms with Crippen molar-refractivity contribution in [1.29, 1.82) is 0 Å². The molecule has 0 rings (SSSR count). The zero-order valence-corrected chi connectivity index (χ0v) is 5.46. The zero-order valence-electron chi connectivity index (χ0n) is 5.46. The van der Waals surface area contributed by atoms with Crippen LogP contribution in [-0.2, 0) is 9.59 Å². The largest absolute Gasteiger partial charge is 0.283 e. The van der Waals surface area contributed by atoms with E-state index in [1.807, 2.05) is 0 Å². The van der Waals surface area contributed by atoms with Crippen molar-refractivity contribution in [3.63, 3.8) is 0 Å². The Labute approximate surface area is 58.8 Å². The summed E-state index contributed by atoms with van der Waals surface area (Å²) in [5.74, 6) is -0.630. The second-order valence-electron chi connectivity index (χ2n) is 1.60. The summed E-state index contributed by atoms with van der Waals surface area (Å²) in [6.07, 6.45) is 3.00. The van der Waals surface area contributed by atoms with E-state index in [0.29, 0.717) is 6.42 Å². The first-order chi connectivity index (χ1) is 4.72. The van der Waals surface area contributed by atoms with Gasteiger partial charge < -0.3 is 0 Å². The van der Waals surface area contributed by atoms with Gasteiger partial charge >= 0.3 is 0 Å². The van der Waals surface area contributed by atoms with Crippen molar-refractivity contribution in [2.75, 3.05) is 0 Å². The van der Waals surface area contributed by atoms with E-state index >= 15 is 0 Å². The van der Waals surface area contributed by atoms with E-state index in [1.54, 1.807) is 0 Å². The summed E-state index contributed by atoms with van der Waals surface area (Å²) in [6, 6.07) is 0. The lowest BCUT2D eigenvalue weighted by Crippen LogP contribution is -1.94. The van der Waals surface area contributed by atoms with E-state index in [1.165, 1.54) is 6.08 Å². The van der Waals surface area contributed by atoms with Crippen molar-refractivity contribution in [3.8, 4) is 0 Å².